The van der Waals surface area contributed by atoms with Crippen LogP contribution in [0.15, 0.2) is 0 Å². The van der Waals surface area contributed by atoms with E-state index in [9.17, 15) is 0 Å². The molecular formula is C9H19NS. The van der Waals surface area contributed by atoms with Crippen molar-refractivity contribution in [2.75, 3.05) is 6.54 Å². The minimum absolute atomic E-state index is 0.720. The molecule has 66 valence electrons. The minimum Gasteiger partial charge on any atom is -0.329 e. The Morgan fingerprint density at radius 2 is 2.09 bits per heavy atom. The van der Waals surface area contributed by atoms with Crippen molar-refractivity contribution < 1.29 is 0 Å². The molecule has 0 radical (unpaired) electrons. The zero-order valence-corrected chi connectivity index (χ0v) is 8.20. The molecule has 1 aliphatic rings. The number of nitrogens with two attached hydrogens (primary N) is 1. The molecule has 0 heterocycles. The summed E-state index contributed by atoms with van der Waals surface area (Å²) in [5, 5.41) is 1.65. The van der Waals surface area contributed by atoms with Crippen LogP contribution in [0.3, 0.4) is 0 Å². The number of hydrogen-bond acceptors (Lipinski definition) is 2. The van der Waals surface area contributed by atoms with Gasteiger partial charge in [-0.1, -0.05) is 19.8 Å². The molecule has 1 fully saturated rings. The van der Waals surface area contributed by atoms with E-state index in [2.05, 4.69) is 18.7 Å². The Bertz CT molecular complexity index is 95.7. The topological polar surface area (TPSA) is 26.0 Å². The van der Waals surface area contributed by atoms with E-state index in [-0.39, 0.29) is 0 Å². The normalized spacial score (nSPS) is 22.4. The first-order valence-corrected chi connectivity index (χ1v) is 5.66. The fourth-order valence-corrected chi connectivity index (χ4v) is 3.07. The molecule has 1 unspecified atom stereocenters. The molecule has 1 aliphatic carbocycles. The third-order valence-corrected chi connectivity index (χ3v) is 4.17. The van der Waals surface area contributed by atoms with Crippen LogP contribution < -0.4 is 5.73 Å². The Labute approximate surface area is 74.1 Å². The van der Waals surface area contributed by atoms with E-state index < -0.39 is 0 Å². The number of rotatable bonds is 4. The van der Waals surface area contributed by atoms with Gasteiger partial charge < -0.3 is 5.73 Å². The van der Waals surface area contributed by atoms with E-state index in [1.807, 2.05) is 0 Å². The second kappa shape index (κ2) is 5.04. The molecule has 1 rings (SSSR count). The third kappa shape index (κ3) is 3.04. The molecule has 0 amide bonds. The van der Waals surface area contributed by atoms with Gasteiger partial charge in [0.15, 0.2) is 0 Å². The van der Waals surface area contributed by atoms with E-state index in [0.717, 1.165) is 17.0 Å². The van der Waals surface area contributed by atoms with Gasteiger partial charge in [-0.3, -0.25) is 0 Å². The highest BCUT2D eigenvalue weighted by Crippen LogP contribution is 2.32. The van der Waals surface area contributed by atoms with Crippen LogP contribution in [0.2, 0.25) is 0 Å². The first-order chi connectivity index (χ1) is 5.36. The fraction of sp³-hybridized carbons (Fsp3) is 1.00. The molecule has 2 heteroatoms. The van der Waals surface area contributed by atoms with E-state index in [1.165, 1.54) is 32.1 Å². The average Bonchev–Trinajstić information content (AvgIpc) is 2.52. The SMILES string of the molecule is CCC(CN)SC1CCCC1. The molecule has 0 saturated heterocycles. The van der Waals surface area contributed by atoms with Gasteiger partial charge in [-0.15, -0.1) is 0 Å². The number of hydrogen-bond donors (Lipinski definition) is 1. The summed E-state index contributed by atoms with van der Waals surface area (Å²) in [4.78, 5) is 0. The lowest BCUT2D eigenvalue weighted by Gasteiger charge is -2.16. The Hall–Kier alpha value is 0.310. The van der Waals surface area contributed by atoms with Crippen LogP contribution >= 0.6 is 11.8 Å². The van der Waals surface area contributed by atoms with E-state index in [4.69, 9.17) is 5.73 Å². The van der Waals surface area contributed by atoms with Gasteiger partial charge >= 0.3 is 0 Å². The van der Waals surface area contributed by atoms with Gasteiger partial charge in [-0.25, -0.2) is 0 Å². The summed E-state index contributed by atoms with van der Waals surface area (Å²) < 4.78 is 0. The second-order valence-electron chi connectivity index (χ2n) is 3.31. The third-order valence-electron chi connectivity index (χ3n) is 2.41. The molecule has 0 aromatic heterocycles. The van der Waals surface area contributed by atoms with E-state index >= 15 is 0 Å². The van der Waals surface area contributed by atoms with Crippen molar-refractivity contribution in [1.29, 1.82) is 0 Å². The molecule has 0 aliphatic heterocycles. The maximum atomic E-state index is 5.64. The zero-order chi connectivity index (χ0) is 8.10. The molecule has 1 atom stereocenters. The van der Waals surface area contributed by atoms with Crippen LogP contribution in [-0.2, 0) is 0 Å². The summed E-state index contributed by atoms with van der Waals surface area (Å²) in [7, 11) is 0. The number of thioether (sulfide) groups is 1. The standard InChI is InChI=1S/C9H19NS/c1-2-8(7-10)11-9-5-3-4-6-9/h8-9H,2-7,10H2,1H3. The molecule has 2 N–H and O–H groups in total. The molecule has 0 spiro atoms. The van der Waals surface area contributed by atoms with Gasteiger partial charge in [0.2, 0.25) is 0 Å². The Morgan fingerprint density at radius 3 is 2.55 bits per heavy atom. The van der Waals surface area contributed by atoms with Crippen molar-refractivity contribution in [3.05, 3.63) is 0 Å². The van der Waals surface area contributed by atoms with Crippen molar-refractivity contribution in [3.63, 3.8) is 0 Å². The molecule has 1 nitrogen and oxygen atoms in total. The summed E-state index contributed by atoms with van der Waals surface area (Å²) in [6, 6.07) is 0. The largest absolute Gasteiger partial charge is 0.329 e. The highest BCUT2D eigenvalue weighted by molar-refractivity contribution is 8.00. The van der Waals surface area contributed by atoms with Crippen molar-refractivity contribution in [2.24, 2.45) is 5.73 Å². The van der Waals surface area contributed by atoms with E-state index in [0.29, 0.717) is 0 Å². The summed E-state index contributed by atoms with van der Waals surface area (Å²) in [5.74, 6) is 0. The summed E-state index contributed by atoms with van der Waals surface area (Å²) in [5.41, 5.74) is 5.64. The molecule has 0 aromatic rings. The summed E-state index contributed by atoms with van der Waals surface area (Å²) in [6.45, 7) is 3.09. The van der Waals surface area contributed by atoms with Gasteiger partial charge in [0.05, 0.1) is 0 Å². The van der Waals surface area contributed by atoms with Crippen molar-refractivity contribution in [1.82, 2.24) is 0 Å². The lowest BCUT2D eigenvalue weighted by Crippen LogP contribution is -2.18. The van der Waals surface area contributed by atoms with Gasteiger partial charge in [-0.2, -0.15) is 11.8 Å². The molecule has 1 saturated carbocycles. The molecule has 0 aromatic carbocycles. The average molecular weight is 173 g/mol. The quantitative estimate of drug-likeness (QED) is 0.706. The monoisotopic (exact) mass is 173 g/mol. The molecule has 0 bridgehead atoms. The van der Waals surface area contributed by atoms with Crippen molar-refractivity contribution >= 4 is 11.8 Å². The predicted molar refractivity (Wildman–Crippen MR) is 53.0 cm³/mol. The van der Waals surface area contributed by atoms with Gasteiger partial charge in [0.1, 0.15) is 0 Å². The van der Waals surface area contributed by atoms with Crippen LogP contribution in [-0.4, -0.2) is 17.0 Å². The maximum absolute atomic E-state index is 5.64. The van der Waals surface area contributed by atoms with Crippen LogP contribution in [0, 0.1) is 0 Å². The molecular weight excluding hydrogens is 154 g/mol. The van der Waals surface area contributed by atoms with Gasteiger partial charge in [0.25, 0.3) is 0 Å². The maximum Gasteiger partial charge on any atom is 0.0170 e. The minimum atomic E-state index is 0.720. The molecule has 11 heavy (non-hydrogen) atoms. The lowest BCUT2D eigenvalue weighted by molar-refractivity contribution is 0.807. The van der Waals surface area contributed by atoms with Gasteiger partial charge in [0, 0.05) is 17.0 Å². The van der Waals surface area contributed by atoms with Crippen LogP contribution in [0.5, 0.6) is 0 Å². The van der Waals surface area contributed by atoms with Gasteiger partial charge in [-0.05, 0) is 19.3 Å². The Kier molecular flexibility index (Phi) is 4.31. The first kappa shape index (κ1) is 9.40. The van der Waals surface area contributed by atoms with Crippen LogP contribution in [0.25, 0.3) is 0 Å². The fourth-order valence-electron chi connectivity index (χ4n) is 1.62. The summed E-state index contributed by atoms with van der Waals surface area (Å²) in [6.07, 6.45) is 6.98. The lowest BCUT2D eigenvalue weighted by atomic mass is 10.3. The summed E-state index contributed by atoms with van der Waals surface area (Å²) >= 11 is 2.13. The zero-order valence-electron chi connectivity index (χ0n) is 7.38. The Balaban J connectivity index is 2.16. The van der Waals surface area contributed by atoms with Crippen LogP contribution in [0.4, 0.5) is 0 Å². The second-order valence-corrected chi connectivity index (χ2v) is 4.91. The van der Waals surface area contributed by atoms with Crippen molar-refractivity contribution in [3.8, 4) is 0 Å². The Morgan fingerprint density at radius 1 is 1.45 bits per heavy atom. The first-order valence-electron chi connectivity index (χ1n) is 4.72. The highest BCUT2D eigenvalue weighted by Gasteiger charge is 2.18. The van der Waals surface area contributed by atoms with E-state index in [1.54, 1.807) is 0 Å². The smallest absolute Gasteiger partial charge is 0.0170 e. The highest BCUT2D eigenvalue weighted by atomic mass is 32.2. The predicted octanol–water partition coefficient (Wildman–Crippen LogP) is 2.40. The van der Waals surface area contributed by atoms with Crippen LogP contribution in [0.1, 0.15) is 39.0 Å². The van der Waals surface area contributed by atoms with Crippen molar-refractivity contribution in [2.45, 2.75) is 49.5 Å².